The SMILES string of the molecule is CCN1CCN(c2nc(C=CCc3cccc(OCCO)c3)cc3ccccc23)CC1. The summed E-state index contributed by atoms with van der Waals surface area (Å²) >= 11 is 0. The van der Waals surface area contributed by atoms with E-state index in [4.69, 9.17) is 14.8 Å². The fraction of sp³-hybridized carbons (Fsp3) is 0.346. The standard InChI is InChI=1S/C26H31N3O2/c1-2-28-13-15-29(16-14-28)26-25-12-4-3-9-22(25)20-23(27-26)10-5-7-21-8-6-11-24(19-21)31-18-17-30/h3-6,8-12,19-20,30H,2,7,13-18H2,1H3. The van der Waals surface area contributed by atoms with Gasteiger partial charge >= 0.3 is 0 Å². The van der Waals surface area contributed by atoms with Crippen LogP contribution in [-0.2, 0) is 6.42 Å². The lowest BCUT2D eigenvalue weighted by Gasteiger charge is -2.35. The van der Waals surface area contributed by atoms with Gasteiger partial charge in [0.2, 0.25) is 0 Å². The third kappa shape index (κ3) is 5.43. The first kappa shape index (κ1) is 21.3. The van der Waals surface area contributed by atoms with Gasteiger partial charge < -0.3 is 19.6 Å². The summed E-state index contributed by atoms with van der Waals surface area (Å²) in [5, 5.41) is 11.4. The molecule has 1 fully saturated rings. The van der Waals surface area contributed by atoms with Crippen molar-refractivity contribution in [1.82, 2.24) is 9.88 Å². The van der Waals surface area contributed by atoms with Crippen LogP contribution in [0.5, 0.6) is 5.75 Å². The van der Waals surface area contributed by atoms with Crippen LogP contribution in [0, 0.1) is 0 Å². The van der Waals surface area contributed by atoms with E-state index in [9.17, 15) is 0 Å². The number of benzene rings is 2. The van der Waals surface area contributed by atoms with E-state index in [2.05, 4.69) is 65.3 Å². The molecule has 1 aliphatic rings. The molecule has 0 spiro atoms. The minimum absolute atomic E-state index is 0.0214. The molecule has 3 aromatic rings. The van der Waals surface area contributed by atoms with Crippen LogP contribution < -0.4 is 9.64 Å². The molecule has 0 radical (unpaired) electrons. The summed E-state index contributed by atoms with van der Waals surface area (Å²) in [6.07, 6.45) is 5.07. The van der Waals surface area contributed by atoms with E-state index in [1.54, 1.807) is 0 Å². The Morgan fingerprint density at radius 3 is 2.68 bits per heavy atom. The smallest absolute Gasteiger partial charge is 0.137 e. The van der Waals surface area contributed by atoms with Gasteiger partial charge in [-0.05, 0) is 48.2 Å². The summed E-state index contributed by atoms with van der Waals surface area (Å²) in [5.41, 5.74) is 2.16. The lowest BCUT2D eigenvalue weighted by atomic mass is 10.1. The third-order valence-corrected chi connectivity index (χ3v) is 5.76. The van der Waals surface area contributed by atoms with Crippen LogP contribution in [0.3, 0.4) is 0 Å². The highest BCUT2D eigenvalue weighted by Gasteiger charge is 2.19. The Hall–Kier alpha value is -2.89. The molecule has 1 saturated heterocycles. The van der Waals surface area contributed by atoms with Crippen molar-refractivity contribution in [2.75, 3.05) is 50.8 Å². The third-order valence-electron chi connectivity index (χ3n) is 5.76. The van der Waals surface area contributed by atoms with Crippen molar-refractivity contribution < 1.29 is 9.84 Å². The van der Waals surface area contributed by atoms with E-state index < -0.39 is 0 Å². The number of allylic oxidation sites excluding steroid dienone is 1. The molecule has 2 aromatic carbocycles. The van der Waals surface area contributed by atoms with E-state index in [0.29, 0.717) is 6.61 Å². The minimum atomic E-state index is 0.0214. The molecule has 0 saturated carbocycles. The second-order valence-corrected chi connectivity index (χ2v) is 7.84. The van der Waals surface area contributed by atoms with E-state index in [-0.39, 0.29) is 6.61 Å². The highest BCUT2D eigenvalue weighted by molar-refractivity contribution is 5.93. The number of ether oxygens (including phenoxy) is 1. The number of rotatable bonds is 8. The summed E-state index contributed by atoms with van der Waals surface area (Å²) in [7, 11) is 0. The number of aliphatic hydroxyl groups is 1. The average molecular weight is 418 g/mol. The normalized spacial score (nSPS) is 15.1. The molecular formula is C26H31N3O2. The van der Waals surface area contributed by atoms with Crippen molar-refractivity contribution in [3.8, 4) is 5.75 Å². The van der Waals surface area contributed by atoms with Crippen LogP contribution in [0.2, 0.25) is 0 Å². The van der Waals surface area contributed by atoms with Gasteiger partial charge in [-0.25, -0.2) is 4.98 Å². The van der Waals surface area contributed by atoms with Gasteiger partial charge in [0.15, 0.2) is 0 Å². The molecule has 5 heteroatoms. The zero-order chi connectivity index (χ0) is 21.5. The molecule has 0 unspecified atom stereocenters. The lowest BCUT2D eigenvalue weighted by Crippen LogP contribution is -2.46. The second-order valence-electron chi connectivity index (χ2n) is 7.84. The molecule has 5 nitrogen and oxygen atoms in total. The Morgan fingerprint density at radius 2 is 1.87 bits per heavy atom. The number of anilines is 1. The maximum Gasteiger partial charge on any atom is 0.137 e. The summed E-state index contributed by atoms with van der Waals surface area (Å²) in [6, 6.07) is 18.7. The molecule has 31 heavy (non-hydrogen) atoms. The first-order valence-corrected chi connectivity index (χ1v) is 11.1. The van der Waals surface area contributed by atoms with Crippen LogP contribution in [0.15, 0.2) is 60.7 Å². The number of pyridine rings is 1. The topological polar surface area (TPSA) is 48.8 Å². The van der Waals surface area contributed by atoms with Crippen molar-refractivity contribution in [3.63, 3.8) is 0 Å². The Labute approximate surface area is 184 Å². The molecule has 4 rings (SSSR count). The van der Waals surface area contributed by atoms with Gasteiger partial charge in [-0.1, -0.05) is 49.4 Å². The second kappa shape index (κ2) is 10.4. The molecule has 162 valence electrons. The van der Waals surface area contributed by atoms with E-state index in [1.165, 1.54) is 16.3 Å². The Morgan fingerprint density at radius 1 is 1.03 bits per heavy atom. The molecule has 0 bridgehead atoms. The first-order valence-electron chi connectivity index (χ1n) is 11.1. The highest BCUT2D eigenvalue weighted by atomic mass is 16.5. The van der Waals surface area contributed by atoms with Crippen LogP contribution in [-0.4, -0.2) is 60.9 Å². The van der Waals surface area contributed by atoms with Gasteiger partial charge in [0, 0.05) is 31.6 Å². The van der Waals surface area contributed by atoms with Crippen molar-refractivity contribution >= 4 is 22.7 Å². The molecule has 0 atom stereocenters. The predicted molar refractivity (Wildman–Crippen MR) is 128 cm³/mol. The molecular weight excluding hydrogens is 386 g/mol. The Balaban J connectivity index is 1.53. The van der Waals surface area contributed by atoms with Gasteiger partial charge in [-0.15, -0.1) is 0 Å². The molecule has 1 aliphatic heterocycles. The lowest BCUT2D eigenvalue weighted by molar-refractivity contribution is 0.201. The molecule has 2 heterocycles. The minimum Gasteiger partial charge on any atom is -0.491 e. The van der Waals surface area contributed by atoms with Gasteiger partial charge in [0.25, 0.3) is 0 Å². The largest absolute Gasteiger partial charge is 0.491 e. The fourth-order valence-electron chi connectivity index (χ4n) is 4.04. The van der Waals surface area contributed by atoms with E-state index in [0.717, 1.165) is 56.4 Å². The molecule has 0 aliphatic carbocycles. The number of piperazine rings is 1. The summed E-state index contributed by atoms with van der Waals surface area (Å²) in [4.78, 5) is 9.94. The number of likely N-dealkylation sites (N-methyl/N-ethyl adjacent to an activating group) is 1. The zero-order valence-electron chi connectivity index (χ0n) is 18.2. The van der Waals surface area contributed by atoms with Crippen LogP contribution >= 0.6 is 0 Å². The number of hydrogen-bond donors (Lipinski definition) is 1. The molecule has 1 aromatic heterocycles. The summed E-state index contributed by atoms with van der Waals surface area (Å²) in [6.45, 7) is 7.86. The number of hydrogen-bond acceptors (Lipinski definition) is 5. The highest BCUT2D eigenvalue weighted by Crippen LogP contribution is 2.27. The average Bonchev–Trinajstić information content (AvgIpc) is 2.82. The molecule has 0 amide bonds. The van der Waals surface area contributed by atoms with Crippen LogP contribution in [0.1, 0.15) is 18.2 Å². The van der Waals surface area contributed by atoms with Crippen molar-refractivity contribution in [2.45, 2.75) is 13.3 Å². The number of aliphatic hydroxyl groups excluding tert-OH is 1. The fourth-order valence-corrected chi connectivity index (χ4v) is 4.04. The van der Waals surface area contributed by atoms with E-state index >= 15 is 0 Å². The first-order chi connectivity index (χ1) is 15.3. The maximum atomic E-state index is 8.93. The monoisotopic (exact) mass is 417 g/mol. The van der Waals surface area contributed by atoms with Crippen LogP contribution in [0.25, 0.3) is 16.8 Å². The Bertz CT molecular complexity index is 1030. The summed E-state index contributed by atoms with van der Waals surface area (Å²) in [5.74, 6) is 1.88. The van der Waals surface area contributed by atoms with Gasteiger partial charge in [0.05, 0.1) is 12.3 Å². The predicted octanol–water partition coefficient (Wildman–Crippen LogP) is 4.00. The van der Waals surface area contributed by atoms with Gasteiger partial charge in [-0.2, -0.15) is 0 Å². The number of aromatic nitrogens is 1. The van der Waals surface area contributed by atoms with Crippen molar-refractivity contribution in [1.29, 1.82) is 0 Å². The van der Waals surface area contributed by atoms with Gasteiger partial charge in [0.1, 0.15) is 18.2 Å². The molecule has 1 N–H and O–H groups in total. The van der Waals surface area contributed by atoms with Crippen molar-refractivity contribution in [3.05, 3.63) is 71.9 Å². The van der Waals surface area contributed by atoms with Crippen molar-refractivity contribution in [2.24, 2.45) is 0 Å². The number of fused-ring (bicyclic) bond motifs is 1. The maximum absolute atomic E-state index is 8.93. The van der Waals surface area contributed by atoms with E-state index in [1.807, 2.05) is 18.2 Å². The number of nitrogens with zero attached hydrogens (tertiary/aromatic N) is 3. The summed E-state index contributed by atoms with van der Waals surface area (Å²) < 4.78 is 5.51. The van der Waals surface area contributed by atoms with Crippen LogP contribution in [0.4, 0.5) is 5.82 Å². The Kier molecular flexibility index (Phi) is 7.18. The zero-order valence-corrected chi connectivity index (χ0v) is 18.2. The quantitative estimate of drug-likeness (QED) is 0.600. The van der Waals surface area contributed by atoms with Gasteiger partial charge in [-0.3, -0.25) is 0 Å².